The average Bonchev–Trinajstić information content (AvgIpc) is 2.69. The van der Waals surface area contributed by atoms with Gasteiger partial charge in [0.05, 0.1) is 5.60 Å². The molecule has 160 valence electrons. The summed E-state index contributed by atoms with van der Waals surface area (Å²) in [5, 5.41) is 15.5. The molecule has 5 heteroatoms. The molecule has 1 fully saturated rings. The zero-order chi connectivity index (χ0) is 22.0. The normalized spacial score (nSPS) is 16.4. The van der Waals surface area contributed by atoms with Gasteiger partial charge in [0.25, 0.3) is 0 Å². The van der Waals surface area contributed by atoms with Crippen LogP contribution in [0.5, 0.6) is 0 Å². The van der Waals surface area contributed by atoms with Crippen molar-refractivity contribution in [2.75, 3.05) is 13.1 Å². The van der Waals surface area contributed by atoms with Crippen LogP contribution in [-0.4, -0.2) is 23.8 Å². The summed E-state index contributed by atoms with van der Waals surface area (Å²) in [6.07, 6.45) is 0.343. The van der Waals surface area contributed by atoms with Crippen LogP contribution in [0.15, 0.2) is 78.4 Å². The highest BCUT2D eigenvalue weighted by Crippen LogP contribution is 2.41. The summed E-state index contributed by atoms with van der Waals surface area (Å²) in [6, 6.07) is 20.9. The van der Waals surface area contributed by atoms with Gasteiger partial charge < -0.3 is 10.4 Å². The van der Waals surface area contributed by atoms with E-state index in [0.29, 0.717) is 35.7 Å². The van der Waals surface area contributed by atoms with Crippen molar-refractivity contribution in [2.24, 2.45) is 0 Å². The second-order valence-corrected chi connectivity index (χ2v) is 8.67. The van der Waals surface area contributed by atoms with Gasteiger partial charge in [-0.25, -0.2) is 8.78 Å². The molecule has 0 spiro atoms. The van der Waals surface area contributed by atoms with Crippen molar-refractivity contribution in [2.45, 2.75) is 24.9 Å². The Morgan fingerprint density at radius 1 is 0.968 bits per heavy atom. The SMILES string of the molecule is CC(O)(CC(c1ccccc1)c1ccc(Cl)cc1)C(=C1CNC1)c1cc(F)cc(F)c1. The molecule has 31 heavy (non-hydrogen) atoms. The molecule has 3 aromatic carbocycles. The maximum absolute atomic E-state index is 14.0. The van der Waals surface area contributed by atoms with Gasteiger partial charge in [0.15, 0.2) is 0 Å². The molecule has 1 aliphatic rings. The molecule has 0 amide bonds. The molecule has 1 saturated heterocycles. The standard InChI is InChI=1S/C26H24ClF2NO/c1-26(31,25(20-15-30-16-20)19-11-22(28)13-23(29)12-19)14-24(17-5-3-2-4-6-17)18-7-9-21(27)10-8-18/h2-13,24,30-31H,14-16H2,1H3. The Morgan fingerprint density at radius 2 is 1.55 bits per heavy atom. The maximum Gasteiger partial charge on any atom is 0.126 e. The number of aliphatic hydroxyl groups is 1. The minimum atomic E-state index is -1.32. The quantitative estimate of drug-likeness (QED) is 0.497. The van der Waals surface area contributed by atoms with Crippen LogP contribution in [0.1, 0.15) is 36.0 Å². The Hall–Kier alpha value is -2.53. The summed E-state index contributed by atoms with van der Waals surface area (Å²) in [4.78, 5) is 0. The third kappa shape index (κ3) is 4.87. The van der Waals surface area contributed by atoms with E-state index in [0.717, 1.165) is 22.8 Å². The average molecular weight is 440 g/mol. The lowest BCUT2D eigenvalue weighted by atomic mass is 9.75. The predicted octanol–water partition coefficient (Wildman–Crippen LogP) is 5.95. The first-order chi connectivity index (χ1) is 14.8. The molecule has 0 radical (unpaired) electrons. The van der Waals surface area contributed by atoms with Crippen LogP contribution in [0.25, 0.3) is 5.57 Å². The van der Waals surface area contributed by atoms with E-state index < -0.39 is 17.2 Å². The zero-order valence-corrected chi connectivity index (χ0v) is 18.0. The van der Waals surface area contributed by atoms with Crippen LogP contribution >= 0.6 is 11.6 Å². The second kappa shape index (κ2) is 8.91. The van der Waals surface area contributed by atoms with Crippen molar-refractivity contribution in [3.05, 3.63) is 112 Å². The molecule has 0 aromatic heterocycles. The third-order valence-electron chi connectivity index (χ3n) is 5.80. The smallest absolute Gasteiger partial charge is 0.126 e. The van der Waals surface area contributed by atoms with Crippen molar-refractivity contribution in [3.8, 4) is 0 Å². The molecule has 2 N–H and O–H groups in total. The van der Waals surface area contributed by atoms with Crippen molar-refractivity contribution < 1.29 is 13.9 Å². The highest BCUT2D eigenvalue weighted by Gasteiger charge is 2.35. The first-order valence-electron chi connectivity index (χ1n) is 10.3. The van der Waals surface area contributed by atoms with Crippen LogP contribution < -0.4 is 5.32 Å². The first-order valence-corrected chi connectivity index (χ1v) is 10.6. The largest absolute Gasteiger partial charge is 0.385 e. The molecular formula is C26H24ClF2NO. The van der Waals surface area contributed by atoms with Gasteiger partial charge >= 0.3 is 0 Å². The van der Waals surface area contributed by atoms with Gasteiger partial charge in [-0.1, -0.05) is 54.1 Å². The van der Waals surface area contributed by atoms with Crippen LogP contribution in [0.4, 0.5) is 8.78 Å². The van der Waals surface area contributed by atoms with E-state index in [4.69, 9.17) is 11.6 Å². The molecule has 2 unspecified atom stereocenters. The number of nitrogens with one attached hydrogen (secondary N) is 1. The fourth-order valence-electron chi connectivity index (χ4n) is 4.33. The number of halogens is 3. The van der Waals surface area contributed by atoms with Gasteiger partial charge in [0.2, 0.25) is 0 Å². The summed E-state index contributed by atoms with van der Waals surface area (Å²) < 4.78 is 28.0. The Bertz CT molecular complexity index is 1070. The summed E-state index contributed by atoms with van der Waals surface area (Å²) in [5.74, 6) is -1.45. The summed E-state index contributed by atoms with van der Waals surface area (Å²) in [5.41, 5.74) is 2.65. The predicted molar refractivity (Wildman–Crippen MR) is 121 cm³/mol. The van der Waals surface area contributed by atoms with Gasteiger partial charge in [0, 0.05) is 30.1 Å². The molecule has 2 atom stereocenters. The molecule has 1 aliphatic heterocycles. The van der Waals surface area contributed by atoms with Gasteiger partial charge in [-0.15, -0.1) is 0 Å². The fraction of sp³-hybridized carbons (Fsp3) is 0.231. The van der Waals surface area contributed by atoms with Gasteiger partial charge in [-0.3, -0.25) is 0 Å². The van der Waals surface area contributed by atoms with Crippen molar-refractivity contribution in [1.82, 2.24) is 5.32 Å². The fourth-order valence-corrected chi connectivity index (χ4v) is 4.45. The maximum atomic E-state index is 14.0. The number of hydrogen-bond acceptors (Lipinski definition) is 2. The third-order valence-corrected chi connectivity index (χ3v) is 6.05. The van der Waals surface area contributed by atoms with E-state index in [1.165, 1.54) is 12.1 Å². The monoisotopic (exact) mass is 439 g/mol. The molecular weight excluding hydrogens is 416 g/mol. The van der Waals surface area contributed by atoms with Crippen LogP contribution in [-0.2, 0) is 0 Å². The summed E-state index contributed by atoms with van der Waals surface area (Å²) >= 11 is 6.09. The highest BCUT2D eigenvalue weighted by atomic mass is 35.5. The van der Waals surface area contributed by atoms with Crippen LogP contribution in [0.2, 0.25) is 5.02 Å². The van der Waals surface area contributed by atoms with E-state index in [2.05, 4.69) is 5.32 Å². The van der Waals surface area contributed by atoms with Gasteiger partial charge in [-0.05, 0) is 65.4 Å². The van der Waals surface area contributed by atoms with Gasteiger partial charge in [0.1, 0.15) is 11.6 Å². The minimum absolute atomic E-state index is 0.129. The molecule has 0 aliphatic carbocycles. The Kier molecular flexibility index (Phi) is 6.24. The van der Waals surface area contributed by atoms with Crippen LogP contribution in [0.3, 0.4) is 0 Å². The highest BCUT2D eigenvalue weighted by molar-refractivity contribution is 6.30. The van der Waals surface area contributed by atoms with Crippen molar-refractivity contribution in [1.29, 1.82) is 0 Å². The Balaban J connectivity index is 1.78. The Labute approximate surface area is 186 Å². The topological polar surface area (TPSA) is 32.3 Å². The molecule has 3 aromatic rings. The van der Waals surface area contributed by atoms with E-state index in [1.807, 2.05) is 54.6 Å². The summed E-state index contributed by atoms with van der Waals surface area (Å²) in [6.45, 7) is 2.89. The lowest BCUT2D eigenvalue weighted by Gasteiger charge is -2.36. The molecule has 4 rings (SSSR count). The van der Waals surface area contributed by atoms with Crippen LogP contribution in [0, 0.1) is 11.6 Å². The summed E-state index contributed by atoms with van der Waals surface area (Å²) in [7, 11) is 0. The van der Waals surface area contributed by atoms with Gasteiger partial charge in [-0.2, -0.15) is 0 Å². The van der Waals surface area contributed by atoms with E-state index >= 15 is 0 Å². The van der Waals surface area contributed by atoms with E-state index in [9.17, 15) is 13.9 Å². The Morgan fingerprint density at radius 3 is 2.10 bits per heavy atom. The second-order valence-electron chi connectivity index (χ2n) is 8.23. The van der Waals surface area contributed by atoms with Crippen molar-refractivity contribution in [3.63, 3.8) is 0 Å². The molecule has 0 bridgehead atoms. The number of benzene rings is 3. The zero-order valence-electron chi connectivity index (χ0n) is 17.2. The molecule has 2 nitrogen and oxygen atoms in total. The van der Waals surface area contributed by atoms with E-state index in [-0.39, 0.29) is 5.92 Å². The number of hydrogen-bond donors (Lipinski definition) is 2. The lowest BCUT2D eigenvalue weighted by molar-refractivity contribution is 0.106. The minimum Gasteiger partial charge on any atom is -0.385 e. The molecule has 1 heterocycles. The first kappa shape index (κ1) is 21.7. The number of rotatable bonds is 6. The lowest BCUT2D eigenvalue weighted by Crippen LogP contribution is -2.40. The van der Waals surface area contributed by atoms with Crippen molar-refractivity contribution >= 4 is 17.2 Å². The van der Waals surface area contributed by atoms with E-state index in [1.54, 1.807) is 6.92 Å². The molecule has 0 saturated carbocycles.